The van der Waals surface area contributed by atoms with Gasteiger partial charge in [-0.2, -0.15) is 0 Å². The Labute approximate surface area is 272 Å². The zero-order valence-electron chi connectivity index (χ0n) is 25.5. The van der Waals surface area contributed by atoms with Gasteiger partial charge in [0, 0.05) is 50.9 Å². The smallest absolute Gasteiger partial charge is 0.160 e. The highest BCUT2D eigenvalue weighted by Crippen LogP contribution is 2.37. The predicted octanol–water partition coefficient (Wildman–Crippen LogP) is 10.8. The molecule has 0 aliphatic rings. The van der Waals surface area contributed by atoms with E-state index in [9.17, 15) is 0 Å². The van der Waals surface area contributed by atoms with Crippen molar-refractivity contribution in [3.63, 3.8) is 0 Å². The van der Waals surface area contributed by atoms with Crippen molar-refractivity contribution < 1.29 is 0 Å². The Morgan fingerprint density at radius 2 is 1.06 bits per heavy atom. The summed E-state index contributed by atoms with van der Waals surface area (Å²) in [7, 11) is 0. The van der Waals surface area contributed by atoms with Crippen LogP contribution in [0.3, 0.4) is 0 Å². The van der Waals surface area contributed by atoms with Gasteiger partial charge in [-0.15, -0.1) is 0 Å². The minimum absolute atomic E-state index is 0.701. The maximum Gasteiger partial charge on any atom is 0.160 e. The number of nitrogens with zero attached hydrogens (tertiary/aromatic N) is 4. The van der Waals surface area contributed by atoms with E-state index < -0.39 is 0 Å². The molecule has 0 saturated carbocycles. The number of aromatic nitrogens is 4. The molecule has 0 spiro atoms. The van der Waals surface area contributed by atoms with Crippen LogP contribution in [0.25, 0.3) is 83.3 Å². The number of hydrogen-bond acceptors (Lipinski definition) is 3. The summed E-state index contributed by atoms with van der Waals surface area (Å²) in [6.45, 7) is 0. The van der Waals surface area contributed by atoms with E-state index in [2.05, 4.69) is 143 Å². The van der Waals surface area contributed by atoms with Crippen molar-refractivity contribution in [3.05, 3.63) is 170 Å². The maximum atomic E-state index is 5.07. The van der Waals surface area contributed by atoms with Gasteiger partial charge in [0.05, 0.1) is 22.4 Å². The number of para-hydroxylation sites is 1. The lowest BCUT2D eigenvalue weighted by Gasteiger charge is -2.12. The number of benzene rings is 6. The zero-order valence-corrected chi connectivity index (χ0v) is 25.5. The average molecular weight is 601 g/mol. The summed E-state index contributed by atoms with van der Waals surface area (Å²) in [4.78, 5) is 14.4. The van der Waals surface area contributed by atoms with Crippen molar-refractivity contribution in [2.45, 2.75) is 0 Å². The second-order valence-electron chi connectivity index (χ2n) is 11.7. The molecule has 47 heavy (non-hydrogen) atoms. The number of fused-ring (bicyclic) bond motifs is 5. The van der Waals surface area contributed by atoms with E-state index in [0.717, 1.165) is 44.9 Å². The summed E-state index contributed by atoms with van der Waals surface area (Å²) in [6.07, 6.45) is 3.68. The lowest BCUT2D eigenvalue weighted by Crippen LogP contribution is -1.97. The van der Waals surface area contributed by atoms with Crippen LogP contribution in [0.4, 0.5) is 0 Å². The Morgan fingerprint density at radius 1 is 0.426 bits per heavy atom. The van der Waals surface area contributed by atoms with E-state index in [1.807, 2.05) is 30.5 Å². The molecule has 0 bridgehead atoms. The highest BCUT2D eigenvalue weighted by atomic mass is 15.0. The highest BCUT2D eigenvalue weighted by Gasteiger charge is 2.16. The van der Waals surface area contributed by atoms with Crippen molar-refractivity contribution in [1.29, 1.82) is 0 Å². The van der Waals surface area contributed by atoms with E-state index in [1.54, 1.807) is 6.20 Å². The molecule has 0 atom stereocenters. The van der Waals surface area contributed by atoms with Crippen molar-refractivity contribution in [1.82, 2.24) is 19.5 Å². The summed E-state index contributed by atoms with van der Waals surface area (Å²) in [5, 5.41) is 4.98. The van der Waals surface area contributed by atoms with Crippen LogP contribution in [-0.2, 0) is 0 Å². The summed E-state index contributed by atoms with van der Waals surface area (Å²) in [5.74, 6) is 0.701. The summed E-state index contributed by atoms with van der Waals surface area (Å²) < 4.78 is 2.39. The van der Waals surface area contributed by atoms with E-state index in [0.29, 0.717) is 5.82 Å². The van der Waals surface area contributed by atoms with Crippen LogP contribution in [0.15, 0.2) is 170 Å². The van der Waals surface area contributed by atoms with Gasteiger partial charge >= 0.3 is 0 Å². The van der Waals surface area contributed by atoms with Crippen molar-refractivity contribution >= 4 is 32.6 Å². The second-order valence-corrected chi connectivity index (χ2v) is 11.7. The van der Waals surface area contributed by atoms with Gasteiger partial charge in [-0.05, 0) is 46.8 Å². The quantitative estimate of drug-likeness (QED) is 0.197. The molecule has 4 nitrogen and oxygen atoms in total. The SMILES string of the molecule is c1ccc(-c2nc(-c3ccc(-c4cccnc4)cc3)cc(-c3ccc(-n4c5ccccc5c5ccc6ccccc6c54)cc3)n2)cc1. The Bertz CT molecular complexity index is 2530. The van der Waals surface area contributed by atoms with Crippen LogP contribution >= 0.6 is 0 Å². The zero-order chi connectivity index (χ0) is 31.2. The maximum absolute atomic E-state index is 5.07. The fourth-order valence-corrected chi connectivity index (χ4v) is 6.61. The lowest BCUT2D eigenvalue weighted by atomic mass is 10.0. The number of pyridine rings is 1. The lowest BCUT2D eigenvalue weighted by molar-refractivity contribution is 1.17. The van der Waals surface area contributed by atoms with Crippen LogP contribution in [0.1, 0.15) is 0 Å². The van der Waals surface area contributed by atoms with Gasteiger partial charge in [-0.3, -0.25) is 4.98 Å². The van der Waals surface area contributed by atoms with Crippen LogP contribution in [0, 0.1) is 0 Å². The first-order chi connectivity index (χ1) is 23.3. The van der Waals surface area contributed by atoms with Crippen LogP contribution in [0.5, 0.6) is 0 Å². The van der Waals surface area contributed by atoms with Crippen LogP contribution in [0.2, 0.25) is 0 Å². The molecule has 0 saturated heterocycles. The molecule has 4 heteroatoms. The summed E-state index contributed by atoms with van der Waals surface area (Å²) >= 11 is 0. The average Bonchev–Trinajstić information content (AvgIpc) is 3.50. The van der Waals surface area contributed by atoms with Crippen LogP contribution in [-0.4, -0.2) is 19.5 Å². The summed E-state index contributed by atoms with van der Waals surface area (Å²) in [6, 6.07) is 55.3. The molecule has 9 rings (SSSR count). The first-order valence-electron chi connectivity index (χ1n) is 15.8. The van der Waals surface area contributed by atoms with E-state index in [1.165, 1.54) is 32.6 Å². The minimum Gasteiger partial charge on any atom is -0.309 e. The topological polar surface area (TPSA) is 43.6 Å². The van der Waals surface area contributed by atoms with Gasteiger partial charge in [0.25, 0.3) is 0 Å². The van der Waals surface area contributed by atoms with Gasteiger partial charge in [0.15, 0.2) is 5.82 Å². The Hall–Kier alpha value is -6.39. The van der Waals surface area contributed by atoms with Crippen molar-refractivity contribution in [2.24, 2.45) is 0 Å². The highest BCUT2D eigenvalue weighted by molar-refractivity contribution is 6.18. The molecule has 0 radical (unpaired) electrons. The van der Waals surface area contributed by atoms with Gasteiger partial charge in [0.1, 0.15) is 0 Å². The molecule has 3 heterocycles. The third kappa shape index (κ3) is 4.75. The van der Waals surface area contributed by atoms with E-state index in [4.69, 9.17) is 9.97 Å². The molecule has 0 aliphatic carbocycles. The molecule has 0 unspecified atom stereocenters. The molecule has 0 amide bonds. The Morgan fingerprint density at radius 3 is 1.81 bits per heavy atom. The van der Waals surface area contributed by atoms with Gasteiger partial charge < -0.3 is 4.57 Å². The van der Waals surface area contributed by atoms with Crippen molar-refractivity contribution in [3.8, 4) is 50.7 Å². The summed E-state index contributed by atoms with van der Waals surface area (Å²) in [5.41, 5.74) is 10.5. The molecule has 220 valence electrons. The van der Waals surface area contributed by atoms with Gasteiger partial charge in [-0.1, -0.05) is 127 Å². The van der Waals surface area contributed by atoms with Gasteiger partial charge in [-0.25, -0.2) is 9.97 Å². The largest absolute Gasteiger partial charge is 0.309 e. The van der Waals surface area contributed by atoms with Gasteiger partial charge in [0.2, 0.25) is 0 Å². The Balaban J connectivity index is 1.17. The molecule has 9 aromatic rings. The van der Waals surface area contributed by atoms with E-state index >= 15 is 0 Å². The Kier molecular flexibility index (Phi) is 6.43. The normalized spacial score (nSPS) is 11.4. The molecule has 3 aromatic heterocycles. The van der Waals surface area contributed by atoms with Crippen molar-refractivity contribution in [2.75, 3.05) is 0 Å². The fraction of sp³-hybridized carbons (Fsp3) is 0. The first kappa shape index (κ1) is 27.0. The molecule has 0 fully saturated rings. The number of rotatable bonds is 5. The fourth-order valence-electron chi connectivity index (χ4n) is 6.61. The van der Waals surface area contributed by atoms with Crippen LogP contribution < -0.4 is 0 Å². The predicted molar refractivity (Wildman–Crippen MR) is 193 cm³/mol. The first-order valence-corrected chi connectivity index (χ1v) is 15.8. The third-order valence-electron chi connectivity index (χ3n) is 8.91. The molecular formula is C43H28N4. The minimum atomic E-state index is 0.701. The monoisotopic (exact) mass is 600 g/mol. The second kappa shape index (κ2) is 11.2. The molecule has 0 N–H and O–H groups in total. The van der Waals surface area contributed by atoms with E-state index in [-0.39, 0.29) is 0 Å². The molecule has 0 aliphatic heterocycles. The standard InChI is InChI=1S/C43H28N4/c1-2-10-33(11-3-1)43-45-39(31-18-16-29(17-19-31)34-12-8-26-44-28-34)27-40(46-43)32-20-23-35(24-21-32)47-41-15-7-6-14-37(41)38-25-22-30-9-4-5-13-36(30)42(38)47/h1-28H. The number of hydrogen-bond donors (Lipinski definition) is 0. The molecule has 6 aromatic carbocycles. The third-order valence-corrected chi connectivity index (χ3v) is 8.91. The molecular weight excluding hydrogens is 573 g/mol.